The molecule has 2 atom stereocenters. The van der Waals surface area contributed by atoms with Gasteiger partial charge < -0.3 is 5.32 Å². The van der Waals surface area contributed by atoms with Crippen molar-refractivity contribution in [1.29, 1.82) is 0 Å². The molecule has 2 unspecified atom stereocenters. The molecule has 0 spiro atoms. The summed E-state index contributed by atoms with van der Waals surface area (Å²) in [7, 11) is -3.80. The van der Waals surface area contributed by atoms with E-state index < -0.39 is 15.4 Å². The van der Waals surface area contributed by atoms with Gasteiger partial charge in [-0.05, 0) is 47.9 Å². The average molecular weight is 487 g/mol. The molecule has 32 heavy (non-hydrogen) atoms. The molecular weight excluding hydrogens is 464 g/mol. The monoisotopic (exact) mass is 486 g/mol. The van der Waals surface area contributed by atoms with Gasteiger partial charge in [0.05, 0.1) is 10.9 Å². The van der Waals surface area contributed by atoms with Gasteiger partial charge in [0.25, 0.3) is 0 Å². The van der Waals surface area contributed by atoms with Crippen molar-refractivity contribution in [3.05, 3.63) is 89.4 Å². The Balaban J connectivity index is 1.50. The van der Waals surface area contributed by atoms with E-state index in [2.05, 4.69) is 5.32 Å². The molecule has 1 aliphatic rings. The minimum Gasteiger partial charge on any atom is -0.347 e. The quantitative estimate of drug-likeness (QED) is 0.535. The third-order valence-electron chi connectivity index (χ3n) is 5.37. The first-order chi connectivity index (χ1) is 15.4. The molecule has 0 radical (unpaired) electrons. The first-order valence-corrected chi connectivity index (χ1v) is 13.1. The molecule has 0 bridgehead atoms. The molecule has 5 nitrogen and oxygen atoms in total. The second kappa shape index (κ2) is 9.67. The van der Waals surface area contributed by atoms with Crippen molar-refractivity contribution >= 4 is 39.3 Å². The minimum absolute atomic E-state index is 0.184. The Labute approximate surface area is 197 Å². The number of nitrogens with zero attached hydrogens (tertiary/aromatic N) is 1. The molecule has 8 heteroatoms. The van der Waals surface area contributed by atoms with Crippen LogP contribution in [-0.2, 0) is 14.8 Å². The third-order valence-corrected chi connectivity index (χ3v) is 8.84. The van der Waals surface area contributed by atoms with Crippen molar-refractivity contribution in [3.8, 4) is 11.1 Å². The number of nitrogens with one attached hydrogen (secondary N) is 1. The fourth-order valence-electron chi connectivity index (χ4n) is 3.61. The molecule has 1 amide bonds. The van der Waals surface area contributed by atoms with Gasteiger partial charge in [0.15, 0.2) is 0 Å². The highest BCUT2D eigenvalue weighted by Crippen LogP contribution is 2.32. The van der Waals surface area contributed by atoms with Gasteiger partial charge in [0.2, 0.25) is 15.9 Å². The smallest absolute Gasteiger partial charge is 0.249 e. The fraction of sp³-hybridized carbons (Fsp3) is 0.208. The predicted molar refractivity (Wildman–Crippen MR) is 130 cm³/mol. The highest BCUT2D eigenvalue weighted by molar-refractivity contribution is 8.02. The minimum atomic E-state index is -3.80. The van der Waals surface area contributed by atoms with Crippen LogP contribution in [0.1, 0.15) is 18.5 Å². The number of benzene rings is 3. The molecule has 166 valence electrons. The highest BCUT2D eigenvalue weighted by atomic mass is 35.5. The van der Waals surface area contributed by atoms with Gasteiger partial charge in [-0.25, -0.2) is 8.42 Å². The lowest BCUT2D eigenvalue weighted by Gasteiger charge is -2.24. The molecule has 0 aromatic heterocycles. The van der Waals surface area contributed by atoms with Gasteiger partial charge in [-0.15, -0.1) is 11.8 Å². The zero-order chi connectivity index (χ0) is 22.7. The van der Waals surface area contributed by atoms with Crippen molar-refractivity contribution in [2.24, 2.45) is 0 Å². The summed E-state index contributed by atoms with van der Waals surface area (Å²) in [5.74, 6) is 0.244. The van der Waals surface area contributed by atoms with Crippen LogP contribution in [0.5, 0.6) is 0 Å². The van der Waals surface area contributed by atoms with Crippen LogP contribution in [0.3, 0.4) is 0 Å². The van der Waals surface area contributed by atoms with Crippen LogP contribution < -0.4 is 5.32 Å². The maximum absolute atomic E-state index is 13.3. The SMILES string of the molecule is CC(NC(=O)C1SCCN1S(=O)(=O)c1ccc(-c2ccccc2)cc1)c1ccc(Cl)cc1. The van der Waals surface area contributed by atoms with Gasteiger partial charge in [-0.1, -0.05) is 66.2 Å². The number of carbonyl (C=O) groups is 1. The second-order valence-corrected chi connectivity index (χ2v) is 11.0. The van der Waals surface area contributed by atoms with Crippen LogP contribution in [-0.4, -0.2) is 36.3 Å². The zero-order valence-corrected chi connectivity index (χ0v) is 19.8. The molecule has 0 saturated carbocycles. The van der Waals surface area contributed by atoms with Crippen molar-refractivity contribution in [2.75, 3.05) is 12.3 Å². The molecule has 1 saturated heterocycles. The fourth-order valence-corrected chi connectivity index (χ4v) is 6.82. The van der Waals surface area contributed by atoms with E-state index in [9.17, 15) is 13.2 Å². The van der Waals surface area contributed by atoms with E-state index in [-0.39, 0.29) is 16.8 Å². The zero-order valence-electron chi connectivity index (χ0n) is 17.4. The van der Waals surface area contributed by atoms with E-state index in [0.29, 0.717) is 17.3 Å². The van der Waals surface area contributed by atoms with Gasteiger partial charge in [0.1, 0.15) is 5.37 Å². The summed E-state index contributed by atoms with van der Waals surface area (Å²) in [5.41, 5.74) is 2.85. The largest absolute Gasteiger partial charge is 0.347 e. The van der Waals surface area contributed by atoms with Crippen molar-refractivity contribution < 1.29 is 13.2 Å². The van der Waals surface area contributed by atoms with E-state index in [1.165, 1.54) is 16.1 Å². The lowest BCUT2D eigenvalue weighted by molar-refractivity contribution is -0.122. The lowest BCUT2D eigenvalue weighted by Crippen LogP contribution is -2.45. The van der Waals surface area contributed by atoms with Crippen LogP contribution >= 0.6 is 23.4 Å². The molecule has 0 aliphatic carbocycles. The van der Waals surface area contributed by atoms with Crippen LogP contribution in [0, 0.1) is 0 Å². The number of rotatable bonds is 6. The molecule has 1 heterocycles. The van der Waals surface area contributed by atoms with E-state index >= 15 is 0 Å². The molecule has 1 aliphatic heterocycles. The molecule has 3 aromatic carbocycles. The topological polar surface area (TPSA) is 66.5 Å². The summed E-state index contributed by atoms with van der Waals surface area (Å²) < 4.78 is 27.9. The Morgan fingerprint density at radius 2 is 1.62 bits per heavy atom. The summed E-state index contributed by atoms with van der Waals surface area (Å²) in [6.45, 7) is 2.16. The predicted octanol–water partition coefficient (Wildman–Crippen LogP) is 4.95. The summed E-state index contributed by atoms with van der Waals surface area (Å²) in [6, 6.07) is 23.5. The van der Waals surface area contributed by atoms with Crippen molar-refractivity contribution in [3.63, 3.8) is 0 Å². The number of hydrogen-bond acceptors (Lipinski definition) is 4. The van der Waals surface area contributed by atoms with Gasteiger partial charge in [-0.2, -0.15) is 4.31 Å². The van der Waals surface area contributed by atoms with Crippen LogP contribution in [0.2, 0.25) is 5.02 Å². The summed E-state index contributed by atoms with van der Waals surface area (Å²) in [4.78, 5) is 13.1. The Hall–Kier alpha value is -2.32. The maximum Gasteiger partial charge on any atom is 0.249 e. The molecular formula is C24H23ClN2O3S2. The third kappa shape index (κ3) is 4.86. The normalized spacial score (nSPS) is 17.8. The van der Waals surface area contributed by atoms with Gasteiger partial charge in [0, 0.05) is 17.3 Å². The number of sulfonamides is 1. The highest BCUT2D eigenvalue weighted by Gasteiger charge is 2.40. The molecule has 1 N–H and O–H groups in total. The Kier molecular flexibility index (Phi) is 6.90. The van der Waals surface area contributed by atoms with Crippen molar-refractivity contribution in [2.45, 2.75) is 23.2 Å². The number of thioether (sulfide) groups is 1. The van der Waals surface area contributed by atoms with Crippen LogP contribution in [0.15, 0.2) is 83.8 Å². The van der Waals surface area contributed by atoms with Crippen LogP contribution in [0.25, 0.3) is 11.1 Å². The maximum atomic E-state index is 13.3. The van der Waals surface area contributed by atoms with E-state index in [1.54, 1.807) is 36.4 Å². The van der Waals surface area contributed by atoms with Crippen LogP contribution in [0.4, 0.5) is 0 Å². The van der Waals surface area contributed by atoms with E-state index in [0.717, 1.165) is 16.7 Å². The lowest BCUT2D eigenvalue weighted by atomic mass is 10.1. The Morgan fingerprint density at radius 3 is 2.28 bits per heavy atom. The molecule has 4 rings (SSSR count). The number of carbonyl (C=O) groups excluding carboxylic acids is 1. The summed E-state index contributed by atoms with van der Waals surface area (Å²) in [6.07, 6.45) is 0. The first kappa shape index (κ1) is 22.9. The molecule has 1 fully saturated rings. The molecule has 3 aromatic rings. The first-order valence-electron chi connectivity index (χ1n) is 10.2. The Morgan fingerprint density at radius 1 is 1.00 bits per heavy atom. The van der Waals surface area contributed by atoms with E-state index in [4.69, 9.17) is 11.6 Å². The Bertz CT molecular complexity index is 1180. The van der Waals surface area contributed by atoms with E-state index in [1.807, 2.05) is 49.4 Å². The number of halogens is 1. The summed E-state index contributed by atoms with van der Waals surface area (Å²) >= 11 is 7.27. The average Bonchev–Trinajstić information content (AvgIpc) is 3.31. The number of hydrogen-bond donors (Lipinski definition) is 1. The van der Waals surface area contributed by atoms with Gasteiger partial charge in [-0.3, -0.25) is 4.79 Å². The standard InChI is InChI=1S/C24H23ClN2O3S2/c1-17(18-7-11-21(25)12-8-18)26-23(28)24-27(15-16-31-24)32(29,30)22-13-9-20(10-14-22)19-5-3-2-4-6-19/h2-14,17,24H,15-16H2,1H3,(H,26,28). The summed E-state index contributed by atoms with van der Waals surface area (Å²) in [5, 5.41) is 2.75. The second-order valence-electron chi connectivity index (χ2n) is 7.51. The number of amides is 1. The van der Waals surface area contributed by atoms with Gasteiger partial charge >= 0.3 is 0 Å². The van der Waals surface area contributed by atoms with Crippen molar-refractivity contribution in [1.82, 2.24) is 9.62 Å².